The van der Waals surface area contributed by atoms with Gasteiger partial charge in [0.1, 0.15) is 6.04 Å². The number of carbonyl (C=O) groups excluding carboxylic acids is 3. The molecule has 2 aliphatic rings. The number of nitrogens with zero attached hydrogens (tertiary/aromatic N) is 2. The average molecular weight is 503 g/mol. The minimum Gasteiger partial charge on any atom is -0.352 e. The van der Waals surface area contributed by atoms with Crippen LogP contribution in [0.2, 0.25) is 0 Å². The van der Waals surface area contributed by atoms with Crippen LogP contribution >= 0.6 is 22.7 Å². The Kier molecular flexibility index (Phi) is 8.06. The van der Waals surface area contributed by atoms with Crippen molar-refractivity contribution in [2.24, 2.45) is 11.7 Å². The summed E-state index contributed by atoms with van der Waals surface area (Å²) in [7, 11) is 0. The molecule has 2 atom stereocenters. The van der Waals surface area contributed by atoms with E-state index in [9.17, 15) is 14.4 Å². The molecule has 2 unspecified atom stereocenters. The van der Waals surface area contributed by atoms with Gasteiger partial charge in [-0.15, -0.1) is 22.7 Å². The van der Waals surface area contributed by atoms with Crippen molar-refractivity contribution in [1.29, 1.82) is 0 Å². The van der Waals surface area contributed by atoms with Crippen LogP contribution in [-0.4, -0.2) is 64.8 Å². The number of thiophene rings is 2. The lowest BCUT2D eigenvalue weighted by atomic mass is 9.91. The van der Waals surface area contributed by atoms with E-state index in [0.29, 0.717) is 29.3 Å². The van der Waals surface area contributed by atoms with Gasteiger partial charge >= 0.3 is 0 Å². The molecule has 3 amide bonds. The summed E-state index contributed by atoms with van der Waals surface area (Å²) in [5.41, 5.74) is 6.02. The Labute approximate surface area is 209 Å². The van der Waals surface area contributed by atoms with Crippen LogP contribution < -0.4 is 11.1 Å². The molecule has 0 spiro atoms. The third kappa shape index (κ3) is 5.70. The van der Waals surface area contributed by atoms with Gasteiger partial charge in [-0.3, -0.25) is 14.4 Å². The number of hydrogen-bond donors (Lipinski definition) is 2. The fourth-order valence-electron chi connectivity index (χ4n) is 4.95. The lowest BCUT2D eigenvalue weighted by molar-refractivity contribution is -0.125. The third-order valence-electron chi connectivity index (χ3n) is 6.69. The Hall–Kier alpha value is -2.23. The highest BCUT2D eigenvalue weighted by molar-refractivity contribution is 7.12. The Balaban J connectivity index is 1.56. The number of carbonyl (C=O) groups is 3. The first-order valence-electron chi connectivity index (χ1n) is 12.1. The highest BCUT2D eigenvalue weighted by atomic mass is 32.1. The highest BCUT2D eigenvalue weighted by Gasteiger charge is 2.44. The van der Waals surface area contributed by atoms with Crippen molar-refractivity contribution in [2.75, 3.05) is 13.1 Å². The largest absolute Gasteiger partial charge is 0.352 e. The van der Waals surface area contributed by atoms with Crippen molar-refractivity contribution >= 4 is 40.4 Å². The van der Waals surface area contributed by atoms with Crippen LogP contribution in [0.15, 0.2) is 35.0 Å². The Morgan fingerprint density at radius 1 is 1.09 bits per heavy atom. The van der Waals surface area contributed by atoms with E-state index < -0.39 is 6.04 Å². The second-order valence-electron chi connectivity index (χ2n) is 9.79. The minimum absolute atomic E-state index is 0.0282. The molecule has 0 radical (unpaired) electrons. The lowest BCUT2D eigenvalue weighted by Gasteiger charge is -2.30. The van der Waals surface area contributed by atoms with Gasteiger partial charge in [-0.2, -0.15) is 0 Å². The second-order valence-corrected chi connectivity index (χ2v) is 11.7. The highest BCUT2D eigenvalue weighted by Crippen LogP contribution is 2.29. The lowest BCUT2D eigenvalue weighted by Crippen LogP contribution is -2.50. The summed E-state index contributed by atoms with van der Waals surface area (Å²) in [4.78, 5) is 45.0. The van der Waals surface area contributed by atoms with Crippen molar-refractivity contribution in [1.82, 2.24) is 15.1 Å². The van der Waals surface area contributed by atoms with Crippen molar-refractivity contribution in [3.05, 3.63) is 44.8 Å². The van der Waals surface area contributed by atoms with Gasteiger partial charge in [-0.25, -0.2) is 0 Å². The molecular weight excluding hydrogens is 468 g/mol. The van der Waals surface area contributed by atoms with Crippen molar-refractivity contribution in [3.8, 4) is 0 Å². The van der Waals surface area contributed by atoms with Crippen molar-refractivity contribution in [3.63, 3.8) is 0 Å². The van der Waals surface area contributed by atoms with Crippen LogP contribution in [0.25, 0.3) is 0 Å². The normalized spacial score (nSPS) is 24.9. The fraction of sp³-hybridized carbons (Fsp3) is 0.560. The van der Waals surface area contributed by atoms with E-state index in [1.165, 1.54) is 22.7 Å². The number of hydrogen-bond acceptors (Lipinski definition) is 6. The van der Waals surface area contributed by atoms with E-state index in [4.69, 9.17) is 5.73 Å². The molecule has 0 bridgehead atoms. The molecule has 4 rings (SSSR count). The maximum absolute atomic E-state index is 13.4. The van der Waals surface area contributed by atoms with Crippen LogP contribution in [-0.2, 0) is 4.79 Å². The van der Waals surface area contributed by atoms with E-state index >= 15 is 0 Å². The molecule has 3 N–H and O–H groups in total. The van der Waals surface area contributed by atoms with Gasteiger partial charge in [0.05, 0.1) is 15.8 Å². The van der Waals surface area contributed by atoms with Crippen molar-refractivity contribution in [2.45, 2.75) is 70.1 Å². The minimum atomic E-state index is -0.596. The second kappa shape index (κ2) is 11.0. The first kappa shape index (κ1) is 24.9. The SMILES string of the molecule is CC(C)CN(C(=O)c1cccs1)C1CC(C(=O)NC2CCC(N)CC2)N(C(=O)c2cccs2)C1. The first-order chi connectivity index (χ1) is 16.3. The molecular formula is C25H34N4O3S2. The molecule has 3 heterocycles. The molecule has 1 saturated heterocycles. The topological polar surface area (TPSA) is 95.7 Å². The van der Waals surface area contributed by atoms with Crippen LogP contribution in [0.4, 0.5) is 0 Å². The summed E-state index contributed by atoms with van der Waals surface area (Å²) in [5, 5.41) is 6.95. The van der Waals surface area contributed by atoms with E-state index in [1.807, 2.05) is 33.9 Å². The third-order valence-corrected chi connectivity index (χ3v) is 8.40. The quantitative estimate of drug-likeness (QED) is 0.605. The maximum Gasteiger partial charge on any atom is 0.264 e. The van der Waals surface area contributed by atoms with Crippen LogP contribution in [0.3, 0.4) is 0 Å². The number of rotatable bonds is 7. The maximum atomic E-state index is 13.4. The monoisotopic (exact) mass is 502 g/mol. The van der Waals surface area contributed by atoms with Gasteiger partial charge in [-0.1, -0.05) is 26.0 Å². The zero-order chi connectivity index (χ0) is 24.2. The van der Waals surface area contributed by atoms with Gasteiger partial charge < -0.3 is 20.9 Å². The Bertz CT molecular complexity index is 968. The van der Waals surface area contributed by atoms with Crippen LogP contribution in [0.1, 0.15) is 65.3 Å². The zero-order valence-electron chi connectivity index (χ0n) is 19.8. The smallest absolute Gasteiger partial charge is 0.264 e. The van der Waals surface area contributed by atoms with Gasteiger partial charge in [-0.05, 0) is 60.9 Å². The summed E-state index contributed by atoms with van der Waals surface area (Å²) in [5.74, 6) is -0.0263. The Morgan fingerprint density at radius 2 is 1.74 bits per heavy atom. The zero-order valence-corrected chi connectivity index (χ0v) is 21.4. The first-order valence-corrected chi connectivity index (χ1v) is 13.8. The molecule has 1 saturated carbocycles. The molecule has 2 fully saturated rings. The molecule has 184 valence electrons. The summed E-state index contributed by atoms with van der Waals surface area (Å²) >= 11 is 2.80. The molecule has 34 heavy (non-hydrogen) atoms. The van der Waals surface area contributed by atoms with E-state index in [0.717, 1.165) is 25.7 Å². The molecule has 2 aromatic rings. The van der Waals surface area contributed by atoms with Crippen LogP contribution in [0, 0.1) is 5.92 Å². The standard InChI is InChI=1S/C25H34N4O3S2/c1-16(2)14-28(24(31)21-5-3-11-33-21)19-13-20(23(30)27-18-9-7-17(26)8-10-18)29(15-19)25(32)22-6-4-12-34-22/h3-6,11-12,16-20H,7-10,13-15,26H2,1-2H3,(H,27,30). The summed E-state index contributed by atoms with van der Waals surface area (Å²) in [6.45, 7) is 5.10. The molecule has 1 aliphatic carbocycles. The van der Waals surface area contributed by atoms with E-state index in [1.54, 1.807) is 11.0 Å². The fourth-order valence-corrected chi connectivity index (χ4v) is 6.31. The van der Waals surface area contributed by atoms with E-state index in [-0.39, 0.29) is 41.8 Å². The van der Waals surface area contributed by atoms with Crippen LogP contribution in [0.5, 0.6) is 0 Å². The van der Waals surface area contributed by atoms with Gasteiger partial charge in [0.25, 0.3) is 11.8 Å². The predicted octanol–water partition coefficient (Wildman–Crippen LogP) is 3.58. The summed E-state index contributed by atoms with van der Waals surface area (Å²) in [6, 6.07) is 6.83. The Morgan fingerprint density at radius 3 is 2.32 bits per heavy atom. The molecule has 7 nitrogen and oxygen atoms in total. The number of nitrogens with two attached hydrogens (primary N) is 1. The molecule has 9 heteroatoms. The predicted molar refractivity (Wildman–Crippen MR) is 136 cm³/mol. The van der Waals surface area contributed by atoms with Gasteiger partial charge in [0.15, 0.2) is 0 Å². The molecule has 0 aromatic carbocycles. The van der Waals surface area contributed by atoms with Gasteiger partial charge in [0.2, 0.25) is 5.91 Å². The van der Waals surface area contributed by atoms with Crippen molar-refractivity contribution < 1.29 is 14.4 Å². The molecule has 1 aliphatic heterocycles. The number of amides is 3. The summed E-state index contributed by atoms with van der Waals surface area (Å²) in [6.07, 6.45) is 3.96. The molecule has 2 aromatic heterocycles. The number of likely N-dealkylation sites (tertiary alicyclic amines) is 1. The average Bonchev–Trinajstić information content (AvgIpc) is 3.59. The summed E-state index contributed by atoms with van der Waals surface area (Å²) < 4.78 is 0. The number of nitrogens with one attached hydrogen (secondary N) is 1. The van der Waals surface area contributed by atoms with E-state index in [2.05, 4.69) is 19.2 Å². The van der Waals surface area contributed by atoms with Gasteiger partial charge in [0, 0.05) is 25.2 Å².